The van der Waals surface area contributed by atoms with E-state index in [1.807, 2.05) is 0 Å². The summed E-state index contributed by atoms with van der Waals surface area (Å²) in [6.45, 7) is 3.47. The van der Waals surface area contributed by atoms with Gasteiger partial charge in [0.1, 0.15) is 5.75 Å². The molecule has 4 heteroatoms. The number of pyridine rings is 1. The van der Waals surface area contributed by atoms with Crippen LogP contribution >= 0.6 is 0 Å². The van der Waals surface area contributed by atoms with Crippen LogP contribution in [0.1, 0.15) is 23.2 Å². The van der Waals surface area contributed by atoms with Crippen LogP contribution in [-0.2, 0) is 0 Å². The fourth-order valence-electron chi connectivity index (χ4n) is 1.13. The lowest BCUT2D eigenvalue weighted by Gasteiger charge is -2.11. The summed E-state index contributed by atoms with van der Waals surface area (Å²) in [5.74, 6) is 0.238. The van der Waals surface area contributed by atoms with Crippen molar-refractivity contribution < 1.29 is 13.5 Å². The van der Waals surface area contributed by atoms with Crippen molar-refractivity contribution in [2.75, 3.05) is 7.11 Å². The Morgan fingerprint density at radius 2 is 2.00 bits per heavy atom. The van der Waals surface area contributed by atoms with Crippen molar-refractivity contribution >= 4 is 0 Å². The number of hydrogen-bond donors (Lipinski definition) is 0. The van der Waals surface area contributed by atoms with E-state index >= 15 is 0 Å². The fourth-order valence-corrected chi connectivity index (χ4v) is 1.13. The van der Waals surface area contributed by atoms with E-state index < -0.39 is 6.43 Å². The molecule has 1 aromatic heterocycles. The van der Waals surface area contributed by atoms with E-state index in [0.717, 1.165) is 6.20 Å². The van der Waals surface area contributed by atoms with E-state index in [1.54, 1.807) is 13.8 Å². The molecule has 72 valence electrons. The maximum Gasteiger partial charge on any atom is 0.268 e. The third-order valence-corrected chi connectivity index (χ3v) is 1.98. The zero-order valence-corrected chi connectivity index (χ0v) is 7.77. The van der Waals surface area contributed by atoms with Crippen molar-refractivity contribution in [2.24, 2.45) is 0 Å². The number of hydrogen-bond acceptors (Lipinski definition) is 2. The molecule has 0 aliphatic carbocycles. The van der Waals surface area contributed by atoms with E-state index in [1.165, 1.54) is 7.11 Å². The summed E-state index contributed by atoms with van der Waals surface area (Å²) >= 11 is 0. The Bertz CT molecular complexity index is 313. The van der Waals surface area contributed by atoms with Crippen LogP contribution in [0.4, 0.5) is 8.78 Å². The van der Waals surface area contributed by atoms with Crippen molar-refractivity contribution in [3.63, 3.8) is 0 Å². The van der Waals surface area contributed by atoms with E-state index in [4.69, 9.17) is 4.74 Å². The molecule has 0 fully saturated rings. The summed E-state index contributed by atoms with van der Waals surface area (Å²) in [6, 6.07) is 0. The SMILES string of the molecule is COc1c(C(F)F)cnc(C)c1C. The van der Waals surface area contributed by atoms with Crippen LogP contribution in [0.5, 0.6) is 5.75 Å². The third kappa shape index (κ3) is 1.76. The van der Waals surface area contributed by atoms with E-state index in [2.05, 4.69) is 4.98 Å². The van der Waals surface area contributed by atoms with Gasteiger partial charge in [-0.3, -0.25) is 4.98 Å². The van der Waals surface area contributed by atoms with Crippen molar-refractivity contribution in [3.8, 4) is 5.75 Å². The molecule has 1 rings (SSSR count). The third-order valence-electron chi connectivity index (χ3n) is 1.98. The molecule has 0 aliphatic heterocycles. The number of nitrogens with zero attached hydrogens (tertiary/aromatic N) is 1. The molecule has 0 saturated heterocycles. The molecule has 0 N–H and O–H groups in total. The highest BCUT2D eigenvalue weighted by atomic mass is 19.3. The average molecular weight is 187 g/mol. The first-order valence-corrected chi connectivity index (χ1v) is 3.86. The van der Waals surface area contributed by atoms with Crippen LogP contribution in [0.3, 0.4) is 0 Å². The summed E-state index contributed by atoms with van der Waals surface area (Å²) in [4.78, 5) is 3.85. The summed E-state index contributed by atoms with van der Waals surface area (Å²) in [7, 11) is 1.38. The van der Waals surface area contributed by atoms with Gasteiger partial charge in [0.25, 0.3) is 6.43 Å². The lowest BCUT2D eigenvalue weighted by atomic mass is 10.1. The number of methoxy groups -OCH3 is 1. The standard InChI is InChI=1S/C9H11F2NO/c1-5-6(2)12-4-7(9(10)11)8(5)13-3/h4,9H,1-3H3. The summed E-state index contributed by atoms with van der Waals surface area (Å²) in [5.41, 5.74) is 1.23. The molecule has 0 bridgehead atoms. The van der Waals surface area contributed by atoms with Gasteiger partial charge in [-0.25, -0.2) is 8.78 Å². The highest BCUT2D eigenvalue weighted by molar-refractivity contribution is 5.41. The van der Waals surface area contributed by atoms with Crippen LogP contribution in [0.2, 0.25) is 0 Å². The number of aryl methyl sites for hydroxylation is 1. The normalized spacial score (nSPS) is 10.6. The number of rotatable bonds is 2. The second kappa shape index (κ2) is 3.68. The lowest BCUT2D eigenvalue weighted by Crippen LogP contribution is -1.99. The van der Waals surface area contributed by atoms with E-state index in [-0.39, 0.29) is 11.3 Å². The second-order valence-electron chi connectivity index (χ2n) is 2.76. The van der Waals surface area contributed by atoms with Crippen LogP contribution in [-0.4, -0.2) is 12.1 Å². The van der Waals surface area contributed by atoms with Crippen molar-refractivity contribution in [1.29, 1.82) is 0 Å². The molecule has 0 amide bonds. The first-order valence-electron chi connectivity index (χ1n) is 3.86. The first-order chi connectivity index (χ1) is 6.07. The van der Waals surface area contributed by atoms with Crippen LogP contribution < -0.4 is 4.74 Å². The van der Waals surface area contributed by atoms with Gasteiger partial charge >= 0.3 is 0 Å². The minimum Gasteiger partial charge on any atom is -0.496 e. The molecule has 0 unspecified atom stereocenters. The predicted octanol–water partition coefficient (Wildman–Crippen LogP) is 2.64. The maximum atomic E-state index is 12.4. The Morgan fingerprint density at radius 1 is 1.38 bits per heavy atom. The number of aromatic nitrogens is 1. The van der Waals surface area contributed by atoms with Crippen molar-refractivity contribution in [1.82, 2.24) is 4.98 Å². The van der Waals surface area contributed by atoms with Gasteiger partial charge in [-0.15, -0.1) is 0 Å². The van der Waals surface area contributed by atoms with Crippen LogP contribution in [0.25, 0.3) is 0 Å². The fraction of sp³-hybridized carbons (Fsp3) is 0.444. The molecule has 1 heterocycles. The van der Waals surface area contributed by atoms with Crippen LogP contribution in [0.15, 0.2) is 6.20 Å². The van der Waals surface area contributed by atoms with Gasteiger partial charge < -0.3 is 4.74 Å². The summed E-state index contributed by atoms with van der Waals surface area (Å²) < 4.78 is 29.7. The summed E-state index contributed by atoms with van der Waals surface area (Å²) in [5, 5.41) is 0. The first kappa shape index (κ1) is 9.89. The zero-order valence-electron chi connectivity index (χ0n) is 7.77. The Balaban J connectivity index is 3.30. The van der Waals surface area contributed by atoms with Crippen LogP contribution in [0, 0.1) is 13.8 Å². The van der Waals surface area contributed by atoms with Gasteiger partial charge in [0.05, 0.1) is 12.7 Å². The minimum atomic E-state index is -2.54. The Labute approximate surface area is 75.6 Å². The van der Waals surface area contributed by atoms with Gasteiger partial charge in [0.2, 0.25) is 0 Å². The molecule has 0 saturated carbocycles. The minimum absolute atomic E-state index is 0.148. The molecular weight excluding hydrogens is 176 g/mol. The lowest BCUT2D eigenvalue weighted by molar-refractivity contribution is 0.146. The molecule has 0 radical (unpaired) electrons. The molecule has 0 atom stereocenters. The molecule has 13 heavy (non-hydrogen) atoms. The van der Waals surface area contributed by atoms with Gasteiger partial charge in [-0.1, -0.05) is 0 Å². The summed E-state index contributed by atoms with van der Waals surface area (Å²) in [6.07, 6.45) is -1.38. The molecule has 2 nitrogen and oxygen atoms in total. The number of ether oxygens (including phenoxy) is 1. The largest absolute Gasteiger partial charge is 0.496 e. The maximum absolute atomic E-state index is 12.4. The Hall–Kier alpha value is -1.19. The van der Waals surface area contributed by atoms with Crippen molar-refractivity contribution in [3.05, 3.63) is 23.0 Å². The zero-order chi connectivity index (χ0) is 10.0. The molecule has 0 aromatic carbocycles. The Morgan fingerprint density at radius 3 is 2.46 bits per heavy atom. The average Bonchev–Trinajstić information content (AvgIpc) is 2.09. The van der Waals surface area contributed by atoms with Gasteiger partial charge in [-0.05, 0) is 13.8 Å². The monoisotopic (exact) mass is 187 g/mol. The number of alkyl halides is 2. The van der Waals surface area contributed by atoms with Gasteiger partial charge in [-0.2, -0.15) is 0 Å². The van der Waals surface area contributed by atoms with E-state index in [0.29, 0.717) is 11.3 Å². The molecule has 0 spiro atoms. The topological polar surface area (TPSA) is 22.1 Å². The molecule has 1 aromatic rings. The predicted molar refractivity (Wildman–Crippen MR) is 45.2 cm³/mol. The smallest absolute Gasteiger partial charge is 0.268 e. The number of halogens is 2. The highest BCUT2D eigenvalue weighted by Gasteiger charge is 2.17. The van der Waals surface area contributed by atoms with Gasteiger partial charge in [0, 0.05) is 17.5 Å². The van der Waals surface area contributed by atoms with Crippen molar-refractivity contribution in [2.45, 2.75) is 20.3 Å². The van der Waals surface area contributed by atoms with Gasteiger partial charge in [0.15, 0.2) is 0 Å². The molecular formula is C9H11F2NO. The highest BCUT2D eigenvalue weighted by Crippen LogP contribution is 2.31. The quantitative estimate of drug-likeness (QED) is 0.710. The van der Waals surface area contributed by atoms with E-state index in [9.17, 15) is 8.78 Å². The second-order valence-corrected chi connectivity index (χ2v) is 2.76. The Kier molecular flexibility index (Phi) is 2.80. The molecule has 0 aliphatic rings.